The molecule has 2 N–H and O–H groups in total. The van der Waals surface area contributed by atoms with Crippen molar-refractivity contribution >= 4 is 23.6 Å². The van der Waals surface area contributed by atoms with Crippen molar-refractivity contribution in [2.45, 2.75) is 64.8 Å². The van der Waals surface area contributed by atoms with Gasteiger partial charge in [0.2, 0.25) is 11.5 Å². The van der Waals surface area contributed by atoms with E-state index in [-0.39, 0.29) is 47.8 Å². The monoisotopic (exact) mass is 436 g/mol. The smallest absolute Gasteiger partial charge is 0.290 e. The van der Waals surface area contributed by atoms with Gasteiger partial charge in [-0.2, -0.15) is 11.8 Å². The lowest BCUT2D eigenvalue weighted by molar-refractivity contribution is 0.0870. The molecule has 0 bridgehead atoms. The van der Waals surface area contributed by atoms with Gasteiger partial charge in [-0.15, -0.1) is 0 Å². The number of hydrogen-bond acceptors (Lipinski definition) is 7. The fourth-order valence-electron chi connectivity index (χ4n) is 2.72. The van der Waals surface area contributed by atoms with E-state index in [1.165, 1.54) is 0 Å². The summed E-state index contributed by atoms with van der Waals surface area (Å²) in [4.78, 5) is 25.0. The molecule has 30 heavy (non-hydrogen) atoms. The highest BCUT2D eigenvalue weighted by Crippen LogP contribution is 2.19. The summed E-state index contributed by atoms with van der Waals surface area (Å²) in [5.41, 5.74) is 1.52. The van der Waals surface area contributed by atoms with Gasteiger partial charge in [0.15, 0.2) is 0 Å². The minimum Gasteiger partial charge on any atom is -0.351 e. The molecule has 2 aromatic rings. The minimum absolute atomic E-state index is 0.175. The summed E-state index contributed by atoms with van der Waals surface area (Å²) < 4.78 is 10.4. The Balaban J connectivity index is 1.96. The molecule has 8 nitrogen and oxygen atoms in total. The first-order chi connectivity index (χ1) is 14.4. The number of nitrogens with one attached hydrogen (secondary N) is 2. The van der Waals surface area contributed by atoms with Gasteiger partial charge >= 0.3 is 0 Å². The van der Waals surface area contributed by atoms with Gasteiger partial charge in [-0.25, -0.2) is 0 Å². The molecule has 0 spiro atoms. The summed E-state index contributed by atoms with van der Waals surface area (Å²) in [5.74, 6) is 0.967. The van der Waals surface area contributed by atoms with Crippen LogP contribution in [0.15, 0.2) is 21.2 Å². The summed E-state index contributed by atoms with van der Waals surface area (Å²) in [6.07, 6.45) is 4.53. The molecular formula is C21H32N4O4S. The summed E-state index contributed by atoms with van der Waals surface area (Å²) in [5, 5.41) is 13.7. The van der Waals surface area contributed by atoms with Crippen molar-refractivity contribution in [3.8, 4) is 0 Å². The molecule has 2 aromatic heterocycles. The first-order valence-electron chi connectivity index (χ1n) is 10.4. The van der Waals surface area contributed by atoms with Gasteiger partial charge in [-0.1, -0.05) is 38.0 Å². The molecule has 0 aliphatic heterocycles. The minimum atomic E-state index is -0.348. The maximum atomic E-state index is 12.6. The summed E-state index contributed by atoms with van der Waals surface area (Å²) in [6, 6.07) is 3.10. The fourth-order valence-corrected chi connectivity index (χ4v) is 3.24. The molecular weight excluding hydrogens is 404 g/mol. The average Bonchev–Trinajstić information content (AvgIpc) is 3.44. The normalized spacial score (nSPS) is 14.2. The number of amides is 2. The Labute approximate surface area is 181 Å². The zero-order chi connectivity index (χ0) is 22.1. The molecule has 0 fully saturated rings. The molecule has 2 rings (SSSR count). The molecule has 0 aliphatic carbocycles. The van der Waals surface area contributed by atoms with Crippen LogP contribution in [0.5, 0.6) is 0 Å². The van der Waals surface area contributed by atoms with Crippen molar-refractivity contribution in [2.75, 3.05) is 18.6 Å². The van der Waals surface area contributed by atoms with Crippen LogP contribution in [0.25, 0.3) is 0 Å². The molecule has 166 valence electrons. The van der Waals surface area contributed by atoms with Gasteiger partial charge < -0.3 is 19.7 Å². The van der Waals surface area contributed by atoms with Gasteiger partial charge in [-0.05, 0) is 31.3 Å². The third kappa shape index (κ3) is 6.62. The number of carbonyl (C=O) groups is 2. The van der Waals surface area contributed by atoms with E-state index in [0.717, 1.165) is 30.0 Å². The lowest BCUT2D eigenvalue weighted by Crippen LogP contribution is -2.44. The fraction of sp³-hybridized carbons (Fsp3) is 0.619. The summed E-state index contributed by atoms with van der Waals surface area (Å²) >= 11 is 1.68. The van der Waals surface area contributed by atoms with Crippen molar-refractivity contribution < 1.29 is 18.6 Å². The van der Waals surface area contributed by atoms with Crippen LogP contribution in [0.4, 0.5) is 0 Å². The van der Waals surface area contributed by atoms with Crippen LogP contribution >= 0.6 is 11.8 Å². The maximum absolute atomic E-state index is 12.6. The predicted octanol–water partition coefficient (Wildman–Crippen LogP) is 3.97. The quantitative estimate of drug-likeness (QED) is 0.518. The van der Waals surface area contributed by atoms with Gasteiger partial charge in [-0.3, -0.25) is 9.59 Å². The van der Waals surface area contributed by atoms with Crippen LogP contribution in [-0.4, -0.2) is 46.7 Å². The molecule has 0 aliphatic rings. The molecule has 9 heteroatoms. The third-order valence-corrected chi connectivity index (χ3v) is 5.90. The zero-order valence-corrected chi connectivity index (χ0v) is 19.2. The average molecular weight is 437 g/mol. The number of rotatable bonds is 12. The Morgan fingerprint density at radius 1 is 1.00 bits per heavy atom. The second kappa shape index (κ2) is 11.8. The highest BCUT2D eigenvalue weighted by atomic mass is 32.2. The van der Waals surface area contributed by atoms with Crippen LogP contribution in [0.3, 0.4) is 0 Å². The van der Waals surface area contributed by atoms with Crippen LogP contribution in [0.2, 0.25) is 0 Å². The number of carbonyl (C=O) groups excluding carboxylic acids is 2. The van der Waals surface area contributed by atoms with Crippen LogP contribution in [0.1, 0.15) is 91.3 Å². The number of hydrogen-bond donors (Lipinski definition) is 2. The van der Waals surface area contributed by atoms with E-state index in [1.807, 2.05) is 20.1 Å². The lowest BCUT2D eigenvalue weighted by atomic mass is 10.1. The van der Waals surface area contributed by atoms with Gasteiger partial charge in [0, 0.05) is 36.6 Å². The van der Waals surface area contributed by atoms with E-state index in [2.05, 4.69) is 34.8 Å². The first-order valence-corrected chi connectivity index (χ1v) is 11.8. The molecule has 2 amide bonds. The van der Waals surface area contributed by atoms with E-state index in [1.54, 1.807) is 23.9 Å². The van der Waals surface area contributed by atoms with Crippen molar-refractivity contribution in [3.63, 3.8) is 0 Å². The molecule has 2 heterocycles. The Hall–Kier alpha value is -2.29. The third-order valence-electron chi connectivity index (χ3n) is 5.25. The predicted molar refractivity (Wildman–Crippen MR) is 117 cm³/mol. The Bertz CT molecular complexity index is 820. The van der Waals surface area contributed by atoms with Crippen LogP contribution < -0.4 is 10.6 Å². The van der Waals surface area contributed by atoms with E-state index in [0.29, 0.717) is 6.42 Å². The zero-order valence-electron chi connectivity index (χ0n) is 18.4. The number of thioether (sulfide) groups is 1. The van der Waals surface area contributed by atoms with Gasteiger partial charge in [0.1, 0.15) is 0 Å². The maximum Gasteiger partial charge on any atom is 0.290 e. The molecule has 0 saturated carbocycles. The standard InChI is InChI=1S/C21H32N4O4S/c1-6-13(3)16-10-18(28-24-16)20(26)22-12-15(8-9-30-5)23-21(27)19-11-17(25-29-19)14(4)7-2/h10-11,13-15H,6-9,12H2,1-5H3,(H,22,26)(H,23,27)/t13-,14+,15+/m0/s1. The molecule has 0 aromatic carbocycles. The van der Waals surface area contributed by atoms with E-state index in [9.17, 15) is 9.59 Å². The molecule has 0 unspecified atom stereocenters. The van der Waals surface area contributed by atoms with Crippen LogP contribution in [0, 0.1) is 0 Å². The highest BCUT2D eigenvalue weighted by Gasteiger charge is 2.21. The molecule has 3 atom stereocenters. The first kappa shape index (κ1) is 24.0. The largest absolute Gasteiger partial charge is 0.351 e. The van der Waals surface area contributed by atoms with Gasteiger partial charge in [0.25, 0.3) is 11.8 Å². The highest BCUT2D eigenvalue weighted by molar-refractivity contribution is 7.98. The Morgan fingerprint density at radius 3 is 2.03 bits per heavy atom. The van der Waals surface area contributed by atoms with Crippen LogP contribution in [-0.2, 0) is 0 Å². The lowest BCUT2D eigenvalue weighted by Gasteiger charge is -2.17. The van der Waals surface area contributed by atoms with Crippen molar-refractivity contribution in [1.29, 1.82) is 0 Å². The topological polar surface area (TPSA) is 110 Å². The van der Waals surface area contributed by atoms with Crippen molar-refractivity contribution in [2.24, 2.45) is 0 Å². The second-order valence-electron chi connectivity index (χ2n) is 7.51. The number of nitrogens with zero attached hydrogens (tertiary/aromatic N) is 2. The Kier molecular flexibility index (Phi) is 9.42. The SMILES string of the molecule is CC[C@@H](C)c1cc(C(=O)N[C@H](CCSC)CNC(=O)c2cc([C@@H](C)CC)no2)on1. The van der Waals surface area contributed by atoms with E-state index >= 15 is 0 Å². The molecule has 0 radical (unpaired) electrons. The second-order valence-corrected chi connectivity index (χ2v) is 8.50. The van der Waals surface area contributed by atoms with E-state index in [4.69, 9.17) is 9.05 Å². The molecule has 0 saturated heterocycles. The summed E-state index contributed by atoms with van der Waals surface area (Å²) in [6.45, 7) is 8.45. The summed E-state index contributed by atoms with van der Waals surface area (Å²) in [7, 11) is 0. The number of aromatic nitrogens is 2. The van der Waals surface area contributed by atoms with Crippen molar-refractivity contribution in [1.82, 2.24) is 20.9 Å². The van der Waals surface area contributed by atoms with E-state index < -0.39 is 0 Å². The van der Waals surface area contributed by atoms with Gasteiger partial charge in [0.05, 0.1) is 11.4 Å². The Morgan fingerprint density at radius 2 is 1.53 bits per heavy atom. The van der Waals surface area contributed by atoms with Crippen molar-refractivity contribution in [3.05, 3.63) is 35.0 Å².